The van der Waals surface area contributed by atoms with Crippen LogP contribution in [0.2, 0.25) is 0 Å². The van der Waals surface area contributed by atoms with E-state index in [1.54, 1.807) is 13.2 Å². The average molecular weight is 425 g/mol. The number of epoxide rings is 2. The lowest BCUT2D eigenvalue weighted by atomic mass is 10.1. The summed E-state index contributed by atoms with van der Waals surface area (Å²) in [6.07, 6.45) is 4.45. The van der Waals surface area contributed by atoms with Crippen molar-refractivity contribution in [1.82, 2.24) is 5.32 Å². The molecule has 7 nitrogen and oxygen atoms in total. The molecule has 1 N–H and O–H groups in total. The fraction of sp³-hybridized carbons (Fsp3) is 0.375. The van der Waals surface area contributed by atoms with Crippen LogP contribution in [-0.4, -0.2) is 58.2 Å². The molecule has 2 aliphatic heterocycles. The number of carbonyl (C=O) groups is 1. The van der Waals surface area contributed by atoms with Crippen molar-refractivity contribution in [2.75, 3.05) is 40.1 Å². The lowest BCUT2D eigenvalue weighted by Crippen LogP contribution is -2.23. The zero-order chi connectivity index (χ0) is 21.5. The second-order valence-electron chi connectivity index (χ2n) is 7.46. The van der Waals surface area contributed by atoms with Crippen LogP contribution < -0.4 is 19.5 Å². The molecule has 2 saturated heterocycles. The lowest BCUT2D eigenvalue weighted by molar-refractivity contribution is -0.116. The van der Waals surface area contributed by atoms with E-state index in [9.17, 15) is 4.79 Å². The SMILES string of the molecule is COc1cc(/C=C/C(=O)NCCc2ccc(OCC3CO3)cc2)ccc1OCC1CO1. The van der Waals surface area contributed by atoms with Gasteiger partial charge in [-0.15, -0.1) is 0 Å². The molecule has 0 aliphatic carbocycles. The molecule has 1 amide bonds. The zero-order valence-corrected chi connectivity index (χ0v) is 17.5. The van der Waals surface area contributed by atoms with Gasteiger partial charge in [-0.05, 0) is 47.9 Å². The molecule has 2 atom stereocenters. The lowest BCUT2D eigenvalue weighted by Gasteiger charge is -2.10. The second-order valence-corrected chi connectivity index (χ2v) is 7.46. The Hall–Kier alpha value is -3.03. The standard InChI is InChI=1S/C24H27NO6/c1-27-23-12-18(4-8-22(23)31-16-21-15-30-21)5-9-24(26)25-11-10-17-2-6-19(7-3-17)28-13-20-14-29-20/h2-9,12,20-21H,10-11,13-16H2,1H3,(H,25,26)/b9-5+. The first-order chi connectivity index (χ1) is 15.2. The second kappa shape index (κ2) is 10.3. The normalized spacial score (nSPS) is 19.1. The summed E-state index contributed by atoms with van der Waals surface area (Å²) < 4.78 is 27.0. The van der Waals surface area contributed by atoms with Gasteiger partial charge >= 0.3 is 0 Å². The highest BCUT2D eigenvalue weighted by Gasteiger charge is 2.24. The highest BCUT2D eigenvalue weighted by molar-refractivity contribution is 5.91. The van der Waals surface area contributed by atoms with Gasteiger partial charge in [0.2, 0.25) is 5.91 Å². The van der Waals surface area contributed by atoms with Crippen LogP contribution in [0.3, 0.4) is 0 Å². The van der Waals surface area contributed by atoms with Gasteiger partial charge in [-0.2, -0.15) is 0 Å². The predicted molar refractivity (Wildman–Crippen MR) is 116 cm³/mol. The average Bonchev–Trinajstić information content (AvgIpc) is 3.71. The topological polar surface area (TPSA) is 81.9 Å². The number of methoxy groups -OCH3 is 1. The van der Waals surface area contributed by atoms with Crippen LogP contribution in [0.5, 0.6) is 17.2 Å². The molecule has 4 rings (SSSR count). The van der Waals surface area contributed by atoms with E-state index in [1.807, 2.05) is 42.5 Å². The smallest absolute Gasteiger partial charge is 0.244 e. The summed E-state index contributed by atoms with van der Waals surface area (Å²) >= 11 is 0. The van der Waals surface area contributed by atoms with Crippen molar-refractivity contribution in [2.24, 2.45) is 0 Å². The van der Waals surface area contributed by atoms with Crippen molar-refractivity contribution >= 4 is 12.0 Å². The summed E-state index contributed by atoms with van der Waals surface area (Å²) in [7, 11) is 1.59. The van der Waals surface area contributed by atoms with Crippen LogP contribution in [0.4, 0.5) is 0 Å². The van der Waals surface area contributed by atoms with Gasteiger partial charge in [0.1, 0.15) is 31.2 Å². The number of benzene rings is 2. The fourth-order valence-corrected chi connectivity index (χ4v) is 2.92. The number of hydrogen-bond acceptors (Lipinski definition) is 6. The van der Waals surface area contributed by atoms with Crippen LogP contribution in [0, 0.1) is 0 Å². The van der Waals surface area contributed by atoms with Crippen LogP contribution in [0.1, 0.15) is 11.1 Å². The van der Waals surface area contributed by atoms with Crippen molar-refractivity contribution in [3.63, 3.8) is 0 Å². The Kier molecular flexibility index (Phi) is 7.07. The van der Waals surface area contributed by atoms with Gasteiger partial charge in [-0.3, -0.25) is 4.79 Å². The minimum absolute atomic E-state index is 0.144. The van der Waals surface area contributed by atoms with E-state index in [0.29, 0.717) is 31.3 Å². The fourth-order valence-electron chi connectivity index (χ4n) is 2.92. The van der Waals surface area contributed by atoms with E-state index in [2.05, 4.69) is 5.32 Å². The van der Waals surface area contributed by atoms with Crippen molar-refractivity contribution in [1.29, 1.82) is 0 Å². The van der Waals surface area contributed by atoms with E-state index in [1.165, 1.54) is 6.08 Å². The largest absolute Gasteiger partial charge is 0.493 e. The number of carbonyl (C=O) groups excluding carboxylic acids is 1. The molecule has 2 aliphatic rings. The molecule has 2 unspecified atom stereocenters. The molecule has 2 heterocycles. The Bertz CT molecular complexity index is 903. The van der Waals surface area contributed by atoms with Gasteiger partial charge in [0, 0.05) is 12.6 Å². The molecule has 0 aromatic heterocycles. The van der Waals surface area contributed by atoms with Crippen molar-refractivity contribution < 1.29 is 28.5 Å². The Morgan fingerprint density at radius 1 is 1.03 bits per heavy atom. The quantitative estimate of drug-likeness (QED) is 0.416. The minimum Gasteiger partial charge on any atom is -0.493 e. The molecule has 0 radical (unpaired) electrons. The summed E-state index contributed by atoms with van der Waals surface area (Å²) in [6, 6.07) is 13.5. The molecule has 0 spiro atoms. The van der Waals surface area contributed by atoms with Crippen molar-refractivity contribution in [2.45, 2.75) is 18.6 Å². The van der Waals surface area contributed by atoms with Crippen molar-refractivity contribution in [3.05, 3.63) is 59.7 Å². The first-order valence-electron chi connectivity index (χ1n) is 10.4. The van der Waals surface area contributed by atoms with E-state index in [4.69, 9.17) is 23.7 Å². The molecule has 7 heteroatoms. The van der Waals surface area contributed by atoms with Crippen LogP contribution in [-0.2, 0) is 20.7 Å². The molecule has 2 fully saturated rings. The van der Waals surface area contributed by atoms with Gasteiger partial charge in [0.25, 0.3) is 0 Å². The van der Waals surface area contributed by atoms with Gasteiger partial charge in [-0.25, -0.2) is 0 Å². The molecule has 31 heavy (non-hydrogen) atoms. The Labute approximate surface area is 181 Å². The Balaban J connectivity index is 1.19. The van der Waals surface area contributed by atoms with Gasteiger partial charge in [0.15, 0.2) is 11.5 Å². The number of amides is 1. The number of rotatable bonds is 12. The molecular weight excluding hydrogens is 398 g/mol. The number of ether oxygens (including phenoxy) is 5. The Morgan fingerprint density at radius 2 is 1.74 bits per heavy atom. The number of nitrogens with one attached hydrogen (secondary N) is 1. The maximum Gasteiger partial charge on any atom is 0.244 e. The van der Waals surface area contributed by atoms with E-state index in [0.717, 1.165) is 36.5 Å². The third-order valence-corrected chi connectivity index (χ3v) is 4.92. The Morgan fingerprint density at radius 3 is 2.42 bits per heavy atom. The molecule has 2 aromatic carbocycles. The van der Waals surface area contributed by atoms with Gasteiger partial charge < -0.3 is 29.0 Å². The molecular formula is C24H27NO6. The predicted octanol–water partition coefficient (Wildman–Crippen LogP) is 2.62. The third kappa shape index (κ3) is 7.01. The van der Waals surface area contributed by atoms with Crippen molar-refractivity contribution in [3.8, 4) is 17.2 Å². The van der Waals surface area contributed by atoms with E-state index < -0.39 is 0 Å². The summed E-state index contributed by atoms with van der Waals surface area (Å²) in [5.41, 5.74) is 1.99. The molecule has 0 saturated carbocycles. The molecule has 2 aromatic rings. The number of hydrogen-bond donors (Lipinski definition) is 1. The van der Waals surface area contributed by atoms with Crippen LogP contribution in [0.25, 0.3) is 6.08 Å². The van der Waals surface area contributed by atoms with Crippen LogP contribution >= 0.6 is 0 Å². The van der Waals surface area contributed by atoms with E-state index >= 15 is 0 Å². The third-order valence-electron chi connectivity index (χ3n) is 4.92. The monoisotopic (exact) mass is 425 g/mol. The molecule has 0 bridgehead atoms. The first-order valence-corrected chi connectivity index (χ1v) is 10.4. The highest BCUT2D eigenvalue weighted by atomic mass is 16.6. The maximum absolute atomic E-state index is 12.1. The highest BCUT2D eigenvalue weighted by Crippen LogP contribution is 2.29. The first kappa shape index (κ1) is 21.2. The zero-order valence-electron chi connectivity index (χ0n) is 17.5. The summed E-state index contributed by atoms with van der Waals surface area (Å²) in [6.45, 7) is 3.19. The van der Waals surface area contributed by atoms with Gasteiger partial charge in [0.05, 0.1) is 20.3 Å². The summed E-state index contributed by atoms with van der Waals surface area (Å²) in [4.78, 5) is 12.1. The summed E-state index contributed by atoms with van der Waals surface area (Å²) in [5, 5.41) is 2.90. The minimum atomic E-state index is -0.144. The van der Waals surface area contributed by atoms with Gasteiger partial charge in [-0.1, -0.05) is 18.2 Å². The van der Waals surface area contributed by atoms with Crippen LogP contribution in [0.15, 0.2) is 48.5 Å². The van der Waals surface area contributed by atoms with E-state index in [-0.39, 0.29) is 18.1 Å². The summed E-state index contributed by atoms with van der Waals surface area (Å²) in [5.74, 6) is 1.98. The molecule has 164 valence electrons. The maximum atomic E-state index is 12.1.